The second-order valence-electron chi connectivity index (χ2n) is 4.33. The van der Waals surface area contributed by atoms with E-state index in [1.165, 1.54) is 0 Å². The summed E-state index contributed by atoms with van der Waals surface area (Å²) in [6.07, 6.45) is 0. The van der Waals surface area contributed by atoms with E-state index in [0.717, 1.165) is 30.3 Å². The molecule has 2 heterocycles. The van der Waals surface area contributed by atoms with Crippen LogP contribution in [0.3, 0.4) is 0 Å². The highest BCUT2D eigenvalue weighted by atomic mass is 35.5. The Hall–Kier alpha value is -1.10. The molecule has 4 nitrogen and oxygen atoms in total. The van der Waals surface area contributed by atoms with Gasteiger partial charge in [-0.25, -0.2) is 0 Å². The van der Waals surface area contributed by atoms with Crippen LogP contribution in [0, 0.1) is 0 Å². The van der Waals surface area contributed by atoms with Gasteiger partial charge in [-0.15, -0.1) is 10.2 Å². The first kappa shape index (κ1) is 12.0. The van der Waals surface area contributed by atoms with Crippen LogP contribution in [-0.2, 0) is 6.54 Å². The lowest BCUT2D eigenvalue weighted by atomic mass is 10.2. The monoisotopic (exact) mass is 282 g/mol. The van der Waals surface area contributed by atoms with Crippen molar-refractivity contribution in [3.63, 3.8) is 0 Å². The molecule has 0 aliphatic carbocycles. The number of hydrogen-bond acceptors (Lipinski definition) is 3. The molecule has 0 fully saturated rings. The number of fused-ring (bicyclic) bond motifs is 1. The number of nitrogens with zero attached hydrogens (tertiary/aromatic N) is 3. The maximum absolute atomic E-state index is 6.22. The number of hydrogen-bond donors (Lipinski definition) is 1. The third-order valence-corrected chi connectivity index (χ3v) is 3.67. The summed E-state index contributed by atoms with van der Waals surface area (Å²) in [6, 6.07) is 5.64. The zero-order valence-corrected chi connectivity index (χ0v) is 11.3. The molecule has 0 spiro atoms. The highest BCUT2D eigenvalue weighted by Gasteiger charge is 2.22. The van der Waals surface area contributed by atoms with Crippen LogP contribution in [0.25, 0.3) is 11.4 Å². The summed E-state index contributed by atoms with van der Waals surface area (Å²) < 4.78 is 2.11. The molecule has 2 aromatic rings. The van der Waals surface area contributed by atoms with E-state index in [9.17, 15) is 0 Å². The molecule has 1 aromatic carbocycles. The summed E-state index contributed by atoms with van der Waals surface area (Å²) in [5.41, 5.74) is 0.869. The van der Waals surface area contributed by atoms with Crippen LogP contribution < -0.4 is 5.32 Å². The summed E-state index contributed by atoms with van der Waals surface area (Å²) in [6.45, 7) is 3.83. The van der Waals surface area contributed by atoms with E-state index < -0.39 is 0 Å². The molecule has 1 aliphatic rings. The van der Waals surface area contributed by atoms with Gasteiger partial charge < -0.3 is 9.88 Å². The summed E-state index contributed by atoms with van der Waals surface area (Å²) in [7, 11) is 0. The van der Waals surface area contributed by atoms with Gasteiger partial charge in [0.05, 0.1) is 11.1 Å². The van der Waals surface area contributed by atoms with E-state index in [1.807, 2.05) is 12.1 Å². The van der Waals surface area contributed by atoms with E-state index in [1.54, 1.807) is 6.07 Å². The third kappa shape index (κ3) is 1.90. The second kappa shape index (κ2) is 4.53. The first-order chi connectivity index (χ1) is 8.66. The maximum Gasteiger partial charge on any atom is 0.165 e. The van der Waals surface area contributed by atoms with Crippen molar-refractivity contribution >= 4 is 23.2 Å². The Morgan fingerprint density at radius 1 is 1.33 bits per heavy atom. The molecular weight excluding hydrogens is 271 g/mol. The highest BCUT2D eigenvalue weighted by Crippen LogP contribution is 2.31. The van der Waals surface area contributed by atoms with Crippen LogP contribution in [-0.4, -0.2) is 21.3 Å². The van der Waals surface area contributed by atoms with Crippen molar-refractivity contribution in [2.24, 2.45) is 0 Å². The van der Waals surface area contributed by atoms with Gasteiger partial charge in [0.1, 0.15) is 5.82 Å². The van der Waals surface area contributed by atoms with Gasteiger partial charge >= 0.3 is 0 Å². The Bertz CT molecular complexity index is 594. The van der Waals surface area contributed by atoms with E-state index in [4.69, 9.17) is 23.2 Å². The lowest BCUT2D eigenvalue weighted by molar-refractivity contribution is 0.439. The van der Waals surface area contributed by atoms with Gasteiger partial charge in [-0.3, -0.25) is 0 Å². The molecule has 1 aromatic heterocycles. The largest absolute Gasteiger partial charge is 0.308 e. The molecular formula is C12H12Cl2N4. The van der Waals surface area contributed by atoms with Gasteiger partial charge in [0, 0.05) is 23.7 Å². The summed E-state index contributed by atoms with van der Waals surface area (Å²) in [4.78, 5) is 0. The van der Waals surface area contributed by atoms with Crippen molar-refractivity contribution in [2.45, 2.75) is 19.5 Å². The highest BCUT2D eigenvalue weighted by molar-refractivity contribution is 6.36. The zero-order chi connectivity index (χ0) is 12.7. The smallest absolute Gasteiger partial charge is 0.165 e. The van der Waals surface area contributed by atoms with Crippen molar-refractivity contribution in [2.75, 3.05) is 6.54 Å². The normalized spacial score (nSPS) is 18.7. The fourth-order valence-electron chi connectivity index (χ4n) is 2.21. The van der Waals surface area contributed by atoms with Gasteiger partial charge in [0.15, 0.2) is 5.82 Å². The minimum atomic E-state index is 0.214. The lowest BCUT2D eigenvalue weighted by Crippen LogP contribution is -2.32. The molecule has 0 amide bonds. The maximum atomic E-state index is 6.22. The fraction of sp³-hybridized carbons (Fsp3) is 0.333. The first-order valence-electron chi connectivity index (χ1n) is 5.78. The Kier molecular flexibility index (Phi) is 3.01. The van der Waals surface area contributed by atoms with E-state index in [-0.39, 0.29) is 6.04 Å². The molecule has 0 saturated carbocycles. The number of aromatic nitrogens is 3. The summed E-state index contributed by atoms with van der Waals surface area (Å²) in [5.74, 6) is 1.75. The number of nitrogens with one attached hydrogen (secondary N) is 1. The average Bonchev–Trinajstić information content (AvgIpc) is 2.74. The Morgan fingerprint density at radius 2 is 2.17 bits per heavy atom. The van der Waals surface area contributed by atoms with Crippen molar-refractivity contribution in [3.8, 4) is 11.4 Å². The van der Waals surface area contributed by atoms with Crippen LogP contribution in [0.1, 0.15) is 18.8 Å². The zero-order valence-electron chi connectivity index (χ0n) is 9.82. The van der Waals surface area contributed by atoms with Crippen molar-refractivity contribution in [3.05, 3.63) is 34.1 Å². The molecule has 0 saturated heterocycles. The Morgan fingerprint density at radius 3 is 2.94 bits per heavy atom. The van der Waals surface area contributed by atoms with Crippen molar-refractivity contribution < 1.29 is 0 Å². The molecule has 1 aliphatic heterocycles. The fourth-order valence-corrected chi connectivity index (χ4v) is 2.70. The van der Waals surface area contributed by atoms with Gasteiger partial charge in [-0.05, 0) is 25.1 Å². The molecule has 94 valence electrons. The van der Waals surface area contributed by atoms with Crippen LogP contribution in [0.15, 0.2) is 18.2 Å². The van der Waals surface area contributed by atoms with E-state index in [2.05, 4.69) is 27.0 Å². The van der Waals surface area contributed by atoms with Crippen LogP contribution in [0.4, 0.5) is 0 Å². The molecule has 1 N–H and O–H groups in total. The van der Waals surface area contributed by atoms with Crippen molar-refractivity contribution in [1.29, 1.82) is 0 Å². The molecule has 1 unspecified atom stereocenters. The standard InChI is InChI=1S/C12H12Cl2N4/c1-7-11-16-17-12(18(11)5-4-15-7)9-3-2-8(13)6-10(9)14/h2-3,6-7,15H,4-5H2,1H3. The van der Waals surface area contributed by atoms with Gasteiger partial charge in [0.25, 0.3) is 0 Å². The predicted octanol–water partition coefficient (Wildman–Crippen LogP) is 2.92. The van der Waals surface area contributed by atoms with E-state index >= 15 is 0 Å². The lowest BCUT2D eigenvalue weighted by Gasteiger charge is -2.22. The first-order valence-corrected chi connectivity index (χ1v) is 6.54. The average molecular weight is 283 g/mol. The number of benzene rings is 1. The van der Waals surface area contributed by atoms with Gasteiger partial charge in [-0.1, -0.05) is 23.2 Å². The predicted molar refractivity (Wildman–Crippen MR) is 71.9 cm³/mol. The molecule has 6 heteroatoms. The SMILES string of the molecule is CC1NCCn2c(-c3ccc(Cl)cc3Cl)nnc21. The van der Waals surface area contributed by atoms with Crippen LogP contribution >= 0.6 is 23.2 Å². The third-order valence-electron chi connectivity index (χ3n) is 3.12. The van der Waals surface area contributed by atoms with Crippen LogP contribution in [0.5, 0.6) is 0 Å². The summed E-state index contributed by atoms with van der Waals surface area (Å²) >= 11 is 12.1. The van der Waals surface area contributed by atoms with Gasteiger partial charge in [0.2, 0.25) is 0 Å². The topological polar surface area (TPSA) is 42.7 Å². The molecule has 1 atom stereocenters. The Labute approximate surface area is 115 Å². The summed E-state index contributed by atoms with van der Waals surface area (Å²) in [5, 5.41) is 13.1. The Balaban J connectivity index is 2.12. The molecule has 0 radical (unpaired) electrons. The molecule has 3 rings (SSSR count). The quantitative estimate of drug-likeness (QED) is 0.875. The van der Waals surface area contributed by atoms with Crippen LogP contribution in [0.2, 0.25) is 10.0 Å². The second-order valence-corrected chi connectivity index (χ2v) is 5.18. The molecule has 18 heavy (non-hydrogen) atoms. The molecule has 0 bridgehead atoms. The number of halogens is 2. The minimum Gasteiger partial charge on any atom is -0.308 e. The number of rotatable bonds is 1. The van der Waals surface area contributed by atoms with E-state index in [0.29, 0.717) is 10.0 Å². The van der Waals surface area contributed by atoms with Crippen molar-refractivity contribution in [1.82, 2.24) is 20.1 Å². The minimum absolute atomic E-state index is 0.214. The van der Waals surface area contributed by atoms with Gasteiger partial charge in [-0.2, -0.15) is 0 Å².